The molecule has 12 rings (SSSR count). The Morgan fingerprint density at radius 1 is 0.551 bits per heavy atom. The lowest BCUT2D eigenvalue weighted by Gasteiger charge is -2.50. The van der Waals surface area contributed by atoms with Crippen LogP contribution in [0.15, 0.2) is 164 Å². The number of benzene rings is 7. The van der Waals surface area contributed by atoms with Crippen molar-refractivity contribution in [2.45, 2.75) is 111 Å². The van der Waals surface area contributed by atoms with Gasteiger partial charge in [0, 0.05) is 0 Å². The van der Waals surface area contributed by atoms with Crippen LogP contribution in [-0.4, -0.2) is 6.71 Å². The van der Waals surface area contributed by atoms with Gasteiger partial charge in [0.15, 0.2) is 0 Å². The molecule has 5 aliphatic carbocycles. The molecule has 0 radical (unpaired) electrons. The highest BCUT2D eigenvalue weighted by Crippen LogP contribution is 2.82. The molecular formula is C68H67B. The second-order valence-electron chi connectivity index (χ2n) is 23.0. The zero-order valence-electron chi connectivity index (χ0n) is 42.1. The van der Waals surface area contributed by atoms with Crippen LogP contribution in [0.25, 0.3) is 33.4 Å². The zero-order chi connectivity index (χ0) is 47.4. The van der Waals surface area contributed by atoms with Crippen LogP contribution in [-0.2, 0) is 23.7 Å². The van der Waals surface area contributed by atoms with Crippen molar-refractivity contribution in [2.75, 3.05) is 0 Å². The SMILES string of the molecule is C=C(/C=C\C=C(/C)c1cccc(B(c2c(C)cc(C)cc2C)c2c(C)cc(C)cc2C)c1)c1ccc(C23CC4CC5CC(c6ccc(-c7ccc8c(c7)-c7ccccc7CC8)cc6)(C2)CC45C3)cc1. The average Bonchev–Trinajstić information content (AvgIpc) is 3.65. The minimum Gasteiger partial charge on any atom is -0.0912 e. The summed E-state index contributed by atoms with van der Waals surface area (Å²) in [6.07, 6.45) is 17.2. The number of hydrogen-bond donors (Lipinski definition) is 0. The molecule has 69 heavy (non-hydrogen) atoms. The van der Waals surface area contributed by atoms with Gasteiger partial charge in [0.2, 0.25) is 6.71 Å². The predicted octanol–water partition coefficient (Wildman–Crippen LogP) is 14.9. The molecule has 0 aromatic heterocycles. The normalized spacial score (nSPS) is 24.0. The van der Waals surface area contributed by atoms with Gasteiger partial charge in [0.1, 0.15) is 0 Å². The lowest BCUT2D eigenvalue weighted by molar-refractivity contribution is -0.00114. The van der Waals surface area contributed by atoms with Crippen LogP contribution < -0.4 is 16.4 Å². The highest BCUT2D eigenvalue weighted by molar-refractivity contribution is 6.96. The van der Waals surface area contributed by atoms with Crippen LogP contribution in [0.5, 0.6) is 0 Å². The number of fused-ring (bicyclic) bond motifs is 5. The van der Waals surface area contributed by atoms with E-state index in [-0.39, 0.29) is 17.5 Å². The highest BCUT2D eigenvalue weighted by atomic mass is 14.8. The summed E-state index contributed by atoms with van der Waals surface area (Å²) >= 11 is 0. The first-order valence-corrected chi connectivity index (χ1v) is 26.0. The quantitative estimate of drug-likeness (QED) is 0.0948. The van der Waals surface area contributed by atoms with E-state index in [0.717, 1.165) is 30.3 Å². The van der Waals surface area contributed by atoms with Gasteiger partial charge in [-0.1, -0.05) is 208 Å². The van der Waals surface area contributed by atoms with Crippen molar-refractivity contribution in [3.8, 4) is 22.3 Å². The lowest BCUT2D eigenvalue weighted by Crippen LogP contribution is -2.55. The van der Waals surface area contributed by atoms with Crippen LogP contribution in [0, 0.1) is 58.8 Å². The zero-order valence-corrected chi connectivity index (χ0v) is 42.1. The summed E-state index contributed by atoms with van der Waals surface area (Å²) in [5.74, 6) is 1.77. The minimum atomic E-state index is 0.156. The summed E-state index contributed by atoms with van der Waals surface area (Å²) in [7, 11) is 0. The average molecular weight is 895 g/mol. The molecule has 0 amide bonds. The van der Waals surface area contributed by atoms with Gasteiger partial charge in [-0.3, -0.25) is 0 Å². The van der Waals surface area contributed by atoms with Gasteiger partial charge >= 0.3 is 0 Å². The lowest BCUT2D eigenvalue weighted by atomic mass is 9.34. The van der Waals surface area contributed by atoms with E-state index in [4.69, 9.17) is 0 Å². The molecule has 4 saturated carbocycles. The molecule has 7 aromatic rings. The second kappa shape index (κ2) is 16.5. The van der Waals surface area contributed by atoms with Crippen molar-refractivity contribution in [3.05, 3.63) is 231 Å². The predicted molar refractivity (Wildman–Crippen MR) is 296 cm³/mol. The van der Waals surface area contributed by atoms with E-state index in [1.807, 2.05) is 0 Å². The van der Waals surface area contributed by atoms with Crippen molar-refractivity contribution in [3.63, 3.8) is 0 Å². The summed E-state index contributed by atoms with van der Waals surface area (Å²) in [6.45, 7) is 20.6. The molecule has 5 unspecified atom stereocenters. The Labute approximate surface area is 413 Å². The fourth-order valence-electron chi connectivity index (χ4n) is 15.9. The molecule has 1 spiro atoms. The van der Waals surface area contributed by atoms with E-state index >= 15 is 0 Å². The van der Waals surface area contributed by atoms with Crippen LogP contribution in [0.4, 0.5) is 0 Å². The summed E-state index contributed by atoms with van der Waals surface area (Å²) in [5.41, 5.74) is 29.7. The third-order valence-corrected chi connectivity index (χ3v) is 18.6. The maximum atomic E-state index is 4.58. The van der Waals surface area contributed by atoms with Crippen LogP contribution in [0.2, 0.25) is 0 Å². The minimum absolute atomic E-state index is 0.156. The van der Waals surface area contributed by atoms with Gasteiger partial charge in [-0.15, -0.1) is 0 Å². The Hall–Kier alpha value is -6.18. The van der Waals surface area contributed by atoms with Gasteiger partial charge in [-0.2, -0.15) is 0 Å². The Morgan fingerprint density at radius 2 is 1.12 bits per heavy atom. The molecule has 5 aliphatic rings. The van der Waals surface area contributed by atoms with Crippen LogP contribution in [0.3, 0.4) is 0 Å². The maximum absolute atomic E-state index is 4.58. The molecule has 3 bridgehead atoms. The third kappa shape index (κ3) is 7.24. The number of hydrogen-bond acceptors (Lipinski definition) is 0. The van der Waals surface area contributed by atoms with Crippen molar-refractivity contribution in [2.24, 2.45) is 17.3 Å². The molecule has 0 aliphatic heterocycles. The van der Waals surface area contributed by atoms with Crippen molar-refractivity contribution < 1.29 is 0 Å². The Balaban J connectivity index is 0.774. The fourth-order valence-corrected chi connectivity index (χ4v) is 15.9. The van der Waals surface area contributed by atoms with E-state index in [9.17, 15) is 0 Å². The van der Waals surface area contributed by atoms with Crippen LogP contribution >= 0.6 is 0 Å². The maximum Gasteiger partial charge on any atom is 0.242 e. The fraction of sp³-hybridized carbons (Fsp3) is 0.294. The molecule has 4 fully saturated rings. The molecule has 0 heterocycles. The molecule has 7 aromatic carbocycles. The van der Waals surface area contributed by atoms with Gasteiger partial charge in [-0.05, 0) is 201 Å². The Kier molecular flexibility index (Phi) is 10.5. The first-order valence-electron chi connectivity index (χ1n) is 26.0. The first kappa shape index (κ1) is 44.1. The number of rotatable bonds is 10. The first-order chi connectivity index (χ1) is 33.3. The second-order valence-corrected chi connectivity index (χ2v) is 23.0. The molecule has 0 saturated heterocycles. The Bertz CT molecular complexity index is 3180. The smallest absolute Gasteiger partial charge is 0.0912 e. The number of aryl methyl sites for hydroxylation is 8. The van der Waals surface area contributed by atoms with E-state index in [1.165, 1.54) is 138 Å². The van der Waals surface area contributed by atoms with Gasteiger partial charge in [0.05, 0.1) is 0 Å². The summed E-state index contributed by atoms with van der Waals surface area (Å²) in [4.78, 5) is 0. The topological polar surface area (TPSA) is 0 Å². The molecular weight excluding hydrogens is 828 g/mol. The Morgan fingerprint density at radius 3 is 1.74 bits per heavy atom. The monoisotopic (exact) mass is 895 g/mol. The molecule has 5 atom stereocenters. The van der Waals surface area contributed by atoms with Crippen LogP contribution in [0.1, 0.15) is 112 Å². The summed E-state index contributed by atoms with van der Waals surface area (Å²) in [6, 6.07) is 54.5. The molecule has 0 nitrogen and oxygen atoms in total. The highest BCUT2D eigenvalue weighted by Gasteiger charge is 2.75. The van der Waals surface area contributed by atoms with E-state index < -0.39 is 0 Å². The number of allylic oxidation sites excluding steroid dienone is 5. The third-order valence-electron chi connectivity index (χ3n) is 18.6. The van der Waals surface area contributed by atoms with E-state index in [1.54, 1.807) is 11.1 Å². The largest absolute Gasteiger partial charge is 0.242 e. The summed E-state index contributed by atoms with van der Waals surface area (Å²) < 4.78 is 0. The van der Waals surface area contributed by atoms with E-state index in [2.05, 4.69) is 213 Å². The van der Waals surface area contributed by atoms with Gasteiger partial charge in [-0.25, -0.2) is 0 Å². The molecule has 342 valence electrons. The summed E-state index contributed by atoms with van der Waals surface area (Å²) in [5, 5.41) is 0. The van der Waals surface area contributed by atoms with Gasteiger partial charge in [0.25, 0.3) is 0 Å². The van der Waals surface area contributed by atoms with Gasteiger partial charge < -0.3 is 0 Å². The molecule has 1 heteroatoms. The van der Waals surface area contributed by atoms with Crippen molar-refractivity contribution in [1.82, 2.24) is 0 Å². The van der Waals surface area contributed by atoms with Crippen molar-refractivity contribution >= 4 is 34.2 Å². The standard InChI is InChI=1S/C68H67B/c1-43-31-47(5)64(48(6)32-43)69(65-49(7)33-44(2)34-50(65)8)61-17-12-16-55(35-61)46(4)14-11-13-45(3)51-23-27-57(28-24-51)66-38-59-37-60-39-67(40-66,42-68(59,60)41-66)58-29-25-52(26-30-58)56-22-21-54-20-19-53-15-9-10-18-62(53)63(54)36-56/h9-18,21-36,59-60H,3,19-20,37-42H2,1-2,4-8H3/b13-11-,46-14+. The molecule has 0 N–H and O–H groups in total. The van der Waals surface area contributed by atoms with Crippen molar-refractivity contribution in [1.29, 1.82) is 0 Å². The van der Waals surface area contributed by atoms with E-state index in [0.29, 0.717) is 5.41 Å².